The molecule has 0 radical (unpaired) electrons. The van der Waals surface area contributed by atoms with Crippen LogP contribution in [0.2, 0.25) is 0 Å². The molecule has 1 atom stereocenters. The average Bonchev–Trinajstić information content (AvgIpc) is 3.38. The van der Waals surface area contributed by atoms with E-state index in [1.165, 1.54) is 29.3 Å². The van der Waals surface area contributed by atoms with Gasteiger partial charge in [-0.2, -0.15) is 0 Å². The molecule has 2 heterocycles. The molecular weight excluding hydrogens is 334 g/mol. The maximum absolute atomic E-state index is 12.5. The Morgan fingerprint density at radius 2 is 1.70 bits per heavy atom. The van der Waals surface area contributed by atoms with E-state index in [-0.39, 0.29) is 11.9 Å². The van der Waals surface area contributed by atoms with Crippen molar-refractivity contribution in [2.24, 2.45) is 0 Å². The molecule has 1 amide bonds. The minimum Gasteiger partial charge on any atom is -0.354 e. The van der Waals surface area contributed by atoms with Gasteiger partial charge in [-0.3, -0.25) is 9.69 Å². The molecule has 27 heavy (non-hydrogen) atoms. The minimum atomic E-state index is 0.118. The molecule has 3 aromatic rings. The van der Waals surface area contributed by atoms with Crippen molar-refractivity contribution in [2.75, 3.05) is 19.6 Å². The summed E-state index contributed by atoms with van der Waals surface area (Å²) in [6.45, 7) is 3.61. The van der Waals surface area contributed by atoms with Gasteiger partial charge in [-0.05, 0) is 49.0 Å². The fraction of sp³-hybridized carbons (Fsp3) is 0.348. The molecule has 4 rings (SSSR count). The lowest BCUT2D eigenvalue weighted by molar-refractivity contribution is -0.121. The minimum absolute atomic E-state index is 0.118. The maximum Gasteiger partial charge on any atom is 0.221 e. The van der Waals surface area contributed by atoms with Crippen molar-refractivity contribution < 1.29 is 4.79 Å². The molecule has 2 aromatic carbocycles. The standard InChI is InChI=1S/C23H27N3O/c27-23(13-17-26-16-12-20-10-4-5-11-21(20)26)24-18-22(25-14-6-7-15-25)19-8-2-1-3-9-19/h1-5,8-12,16,22H,6-7,13-15,17-18H2,(H,24,27)/t22-/m1/s1. The summed E-state index contributed by atoms with van der Waals surface area (Å²) in [6.07, 6.45) is 5.06. The van der Waals surface area contributed by atoms with Crippen LogP contribution in [0.4, 0.5) is 0 Å². The highest BCUT2D eigenvalue weighted by molar-refractivity contribution is 5.80. The Bertz CT molecular complexity index is 881. The first-order valence-corrected chi connectivity index (χ1v) is 9.91. The van der Waals surface area contributed by atoms with Gasteiger partial charge in [0, 0.05) is 31.2 Å². The molecule has 1 fully saturated rings. The molecule has 1 aliphatic rings. The Hall–Kier alpha value is -2.59. The molecule has 4 nitrogen and oxygen atoms in total. The Labute approximate surface area is 160 Å². The van der Waals surface area contributed by atoms with Crippen LogP contribution < -0.4 is 5.32 Å². The third kappa shape index (κ3) is 4.22. The number of fused-ring (bicyclic) bond motifs is 1. The van der Waals surface area contributed by atoms with Crippen LogP contribution in [0, 0.1) is 0 Å². The zero-order chi connectivity index (χ0) is 18.5. The lowest BCUT2D eigenvalue weighted by atomic mass is 10.1. The number of nitrogens with zero attached hydrogens (tertiary/aromatic N) is 2. The van der Waals surface area contributed by atoms with E-state index in [2.05, 4.69) is 63.4 Å². The number of aromatic nitrogens is 1. The molecular formula is C23H27N3O. The second-order valence-corrected chi connectivity index (χ2v) is 7.29. The largest absolute Gasteiger partial charge is 0.354 e. The van der Waals surface area contributed by atoms with E-state index >= 15 is 0 Å². The molecule has 0 spiro atoms. The first-order valence-electron chi connectivity index (χ1n) is 9.91. The van der Waals surface area contributed by atoms with E-state index in [1.54, 1.807) is 0 Å². The number of rotatable bonds is 7. The molecule has 1 aromatic heterocycles. The van der Waals surface area contributed by atoms with Crippen LogP contribution in [0.5, 0.6) is 0 Å². The summed E-state index contributed by atoms with van der Waals surface area (Å²) in [7, 11) is 0. The van der Waals surface area contributed by atoms with Crippen LogP contribution in [0.1, 0.15) is 30.9 Å². The van der Waals surface area contributed by atoms with Gasteiger partial charge < -0.3 is 9.88 Å². The summed E-state index contributed by atoms with van der Waals surface area (Å²) < 4.78 is 2.16. The molecule has 1 saturated heterocycles. The fourth-order valence-electron chi connectivity index (χ4n) is 4.04. The zero-order valence-electron chi connectivity index (χ0n) is 15.7. The van der Waals surface area contributed by atoms with Crippen LogP contribution in [-0.2, 0) is 11.3 Å². The van der Waals surface area contributed by atoms with Gasteiger partial charge >= 0.3 is 0 Å². The Balaban J connectivity index is 1.35. The van der Waals surface area contributed by atoms with Gasteiger partial charge in [0.05, 0.1) is 6.04 Å². The molecule has 0 bridgehead atoms. The number of para-hydroxylation sites is 1. The van der Waals surface area contributed by atoms with Crippen molar-refractivity contribution in [3.63, 3.8) is 0 Å². The van der Waals surface area contributed by atoms with Gasteiger partial charge in [0.1, 0.15) is 0 Å². The number of aryl methyl sites for hydroxylation is 1. The highest BCUT2D eigenvalue weighted by Crippen LogP contribution is 2.24. The van der Waals surface area contributed by atoms with Crippen molar-refractivity contribution in [1.29, 1.82) is 0 Å². The SMILES string of the molecule is O=C(CCn1ccc2ccccc21)NC[C@H](c1ccccc1)N1CCCC1. The Morgan fingerprint density at radius 1 is 0.963 bits per heavy atom. The molecule has 1 N–H and O–H groups in total. The van der Waals surface area contributed by atoms with E-state index in [4.69, 9.17) is 0 Å². The first kappa shape index (κ1) is 17.8. The summed E-state index contributed by atoms with van der Waals surface area (Å²) in [6, 6.07) is 21.2. The normalized spacial score (nSPS) is 15.9. The Morgan fingerprint density at radius 3 is 2.52 bits per heavy atom. The highest BCUT2D eigenvalue weighted by atomic mass is 16.1. The number of hydrogen-bond donors (Lipinski definition) is 1. The van der Waals surface area contributed by atoms with Gasteiger partial charge in [-0.25, -0.2) is 0 Å². The number of likely N-dealkylation sites (tertiary alicyclic amines) is 1. The van der Waals surface area contributed by atoms with E-state index in [0.717, 1.165) is 13.1 Å². The average molecular weight is 361 g/mol. The first-order chi connectivity index (χ1) is 13.3. The smallest absolute Gasteiger partial charge is 0.221 e. The number of carbonyl (C=O) groups excluding carboxylic acids is 1. The van der Waals surface area contributed by atoms with Gasteiger partial charge in [0.2, 0.25) is 5.91 Å². The fourth-order valence-corrected chi connectivity index (χ4v) is 4.04. The number of nitrogens with one attached hydrogen (secondary N) is 1. The van der Waals surface area contributed by atoms with Gasteiger partial charge in [0.15, 0.2) is 0 Å². The van der Waals surface area contributed by atoms with Gasteiger partial charge in [0.25, 0.3) is 0 Å². The van der Waals surface area contributed by atoms with E-state index in [0.29, 0.717) is 19.5 Å². The molecule has 0 saturated carbocycles. The molecule has 4 heteroatoms. The topological polar surface area (TPSA) is 37.3 Å². The molecule has 1 aliphatic heterocycles. The number of amides is 1. The summed E-state index contributed by atoms with van der Waals surface area (Å²) in [5.41, 5.74) is 2.47. The highest BCUT2D eigenvalue weighted by Gasteiger charge is 2.23. The molecule has 140 valence electrons. The second kappa shape index (κ2) is 8.40. The summed E-state index contributed by atoms with van der Waals surface area (Å²) in [5, 5.41) is 4.39. The van der Waals surface area contributed by atoms with E-state index < -0.39 is 0 Å². The maximum atomic E-state index is 12.5. The van der Waals surface area contributed by atoms with Crippen LogP contribution in [0.25, 0.3) is 10.9 Å². The lowest BCUT2D eigenvalue weighted by Crippen LogP contribution is -2.37. The van der Waals surface area contributed by atoms with Crippen molar-refractivity contribution in [1.82, 2.24) is 14.8 Å². The third-order valence-electron chi connectivity index (χ3n) is 5.52. The third-order valence-corrected chi connectivity index (χ3v) is 5.52. The van der Waals surface area contributed by atoms with Crippen LogP contribution >= 0.6 is 0 Å². The predicted octanol–water partition coefficient (Wildman–Crippen LogP) is 3.98. The summed E-state index contributed by atoms with van der Waals surface area (Å²) >= 11 is 0. The van der Waals surface area contributed by atoms with Gasteiger partial charge in [-0.1, -0.05) is 48.5 Å². The monoisotopic (exact) mass is 361 g/mol. The zero-order valence-corrected chi connectivity index (χ0v) is 15.7. The molecule has 0 unspecified atom stereocenters. The predicted molar refractivity (Wildman–Crippen MR) is 110 cm³/mol. The number of hydrogen-bond acceptors (Lipinski definition) is 2. The summed E-state index contributed by atoms with van der Waals surface area (Å²) in [4.78, 5) is 15.0. The van der Waals surface area contributed by atoms with Crippen LogP contribution in [-0.4, -0.2) is 35.0 Å². The van der Waals surface area contributed by atoms with Crippen LogP contribution in [0.15, 0.2) is 66.9 Å². The van der Waals surface area contributed by atoms with Crippen molar-refractivity contribution in [2.45, 2.75) is 31.8 Å². The molecule has 0 aliphatic carbocycles. The lowest BCUT2D eigenvalue weighted by Gasteiger charge is -2.28. The van der Waals surface area contributed by atoms with Gasteiger partial charge in [-0.15, -0.1) is 0 Å². The van der Waals surface area contributed by atoms with Crippen molar-refractivity contribution in [3.8, 4) is 0 Å². The van der Waals surface area contributed by atoms with Crippen molar-refractivity contribution in [3.05, 3.63) is 72.4 Å². The van der Waals surface area contributed by atoms with Crippen LogP contribution in [0.3, 0.4) is 0 Å². The summed E-state index contributed by atoms with van der Waals surface area (Å²) in [5.74, 6) is 0.118. The van der Waals surface area contributed by atoms with E-state index in [9.17, 15) is 4.79 Å². The second-order valence-electron chi connectivity index (χ2n) is 7.29. The van der Waals surface area contributed by atoms with Crippen molar-refractivity contribution >= 4 is 16.8 Å². The quantitative estimate of drug-likeness (QED) is 0.691. The number of benzene rings is 2. The Kier molecular flexibility index (Phi) is 5.54. The number of carbonyl (C=O) groups is 1. The van der Waals surface area contributed by atoms with E-state index in [1.807, 2.05) is 18.2 Å².